The first-order valence-electron chi connectivity index (χ1n) is 10.8. The highest BCUT2D eigenvalue weighted by Crippen LogP contribution is 2.28. The van der Waals surface area contributed by atoms with E-state index in [-0.39, 0.29) is 5.91 Å². The van der Waals surface area contributed by atoms with Crippen LogP contribution in [0.1, 0.15) is 28.3 Å². The highest BCUT2D eigenvalue weighted by Gasteiger charge is 2.26. The van der Waals surface area contributed by atoms with E-state index in [0.29, 0.717) is 28.1 Å². The van der Waals surface area contributed by atoms with Crippen LogP contribution in [0.2, 0.25) is 0 Å². The van der Waals surface area contributed by atoms with Gasteiger partial charge >= 0.3 is 0 Å². The predicted octanol–water partition coefficient (Wildman–Crippen LogP) is 5.04. The first-order chi connectivity index (χ1) is 16.2. The number of ether oxygens (including phenoxy) is 1. The number of hydrogen-bond acceptors (Lipinski definition) is 5. The van der Waals surface area contributed by atoms with Crippen LogP contribution in [0.25, 0.3) is 11.0 Å². The third kappa shape index (κ3) is 4.83. The van der Waals surface area contributed by atoms with E-state index in [1.54, 1.807) is 42.7 Å². The number of amides is 1. The Hall–Kier alpha value is -3.84. The van der Waals surface area contributed by atoms with Crippen LogP contribution < -0.4 is 10.1 Å². The van der Waals surface area contributed by atoms with Gasteiger partial charge in [-0.3, -0.25) is 14.8 Å². The molecule has 6 nitrogen and oxygen atoms in total. The minimum Gasteiger partial charge on any atom is -0.432 e. The van der Waals surface area contributed by atoms with Crippen molar-refractivity contribution in [1.82, 2.24) is 14.9 Å². The molecule has 33 heavy (non-hydrogen) atoms. The maximum Gasteiger partial charge on any atom is 0.264 e. The van der Waals surface area contributed by atoms with Crippen molar-refractivity contribution in [2.45, 2.75) is 12.3 Å². The molecule has 2 heterocycles. The Morgan fingerprint density at radius 1 is 0.970 bits per heavy atom. The van der Waals surface area contributed by atoms with Crippen LogP contribution in [0, 0.1) is 0 Å². The molecule has 0 aliphatic carbocycles. The summed E-state index contributed by atoms with van der Waals surface area (Å²) in [4.78, 5) is 23.2. The van der Waals surface area contributed by atoms with Gasteiger partial charge in [-0.05, 0) is 66.7 Å². The van der Waals surface area contributed by atoms with E-state index in [1.165, 1.54) is 5.56 Å². The number of carbonyl (C=O) groups is 1. The monoisotopic (exact) mass is 454 g/mol. The Balaban J connectivity index is 1.18. The molecule has 1 N–H and O–H groups in total. The number of aromatic nitrogens is 2. The maximum atomic E-state index is 12.6. The van der Waals surface area contributed by atoms with Gasteiger partial charge in [0.2, 0.25) is 0 Å². The maximum absolute atomic E-state index is 12.6. The van der Waals surface area contributed by atoms with E-state index in [2.05, 4.69) is 44.5 Å². The highest BCUT2D eigenvalue weighted by atomic mass is 32.1. The standard InChI is InChI=1S/C26H22N4O2S/c31-25(29-21-8-11-23-24(16-21)28-14-13-27-23)19-6-9-22(10-7-19)32-26(33)30-15-12-20(17-30)18-4-2-1-3-5-18/h1-11,13-14,16,20H,12,15,17H2,(H,29,31)/t20-/m0/s1. The average Bonchev–Trinajstić information content (AvgIpc) is 3.36. The molecule has 3 aromatic carbocycles. The molecule has 0 spiro atoms. The van der Waals surface area contributed by atoms with E-state index in [4.69, 9.17) is 17.0 Å². The molecule has 0 radical (unpaired) electrons. The second-order valence-electron chi connectivity index (χ2n) is 7.95. The fourth-order valence-electron chi connectivity index (χ4n) is 4.01. The topological polar surface area (TPSA) is 67.3 Å². The number of nitrogens with zero attached hydrogens (tertiary/aromatic N) is 3. The molecule has 0 unspecified atom stereocenters. The molecule has 5 rings (SSSR count). The summed E-state index contributed by atoms with van der Waals surface area (Å²) in [5, 5.41) is 3.36. The molecular formula is C26H22N4O2S. The second kappa shape index (κ2) is 9.34. The molecule has 0 saturated carbocycles. The third-order valence-electron chi connectivity index (χ3n) is 5.77. The average molecular weight is 455 g/mol. The smallest absolute Gasteiger partial charge is 0.264 e. The molecule has 1 aliphatic heterocycles. The van der Waals surface area contributed by atoms with Gasteiger partial charge in [0.1, 0.15) is 5.75 Å². The van der Waals surface area contributed by atoms with Crippen LogP contribution >= 0.6 is 12.2 Å². The first-order valence-corrected chi connectivity index (χ1v) is 11.2. The lowest BCUT2D eigenvalue weighted by Gasteiger charge is -2.19. The summed E-state index contributed by atoms with van der Waals surface area (Å²) in [7, 11) is 0. The Labute approximate surface area is 197 Å². The summed E-state index contributed by atoms with van der Waals surface area (Å²) >= 11 is 5.52. The van der Waals surface area contributed by atoms with Gasteiger partial charge in [-0.15, -0.1) is 0 Å². The summed E-state index contributed by atoms with van der Waals surface area (Å²) in [6.45, 7) is 1.72. The molecule has 1 atom stereocenters. The zero-order chi connectivity index (χ0) is 22.6. The van der Waals surface area contributed by atoms with Crippen LogP contribution in [0.4, 0.5) is 5.69 Å². The van der Waals surface area contributed by atoms with E-state index in [0.717, 1.165) is 30.5 Å². The minimum absolute atomic E-state index is 0.211. The van der Waals surface area contributed by atoms with Crippen molar-refractivity contribution in [3.8, 4) is 5.75 Å². The van der Waals surface area contributed by atoms with Gasteiger partial charge in [-0.1, -0.05) is 30.3 Å². The van der Waals surface area contributed by atoms with Gasteiger partial charge in [0.15, 0.2) is 0 Å². The fraction of sp³-hybridized carbons (Fsp3) is 0.154. The summed E-state index contributed by atoms with van der Waals surface area (Å²) in [5.41, 5.74) is 4.02. The highest BCUT2D eigenvalue weighted by molar-refractivity contribution is 7.80. The van der Waals surface area contributed by atoms with Gasteiger partial charge in [0, 0.05) is 42.7 Å². The lowest BCUT2D eigenvalue weighted by molar-refractivity contribution is 0.102. The molecule has 7 heteroatoms. The molecule has 1 fully saturated rings. The van der Waals surface area contributed by atoms with Crippen LogP contribution in [0.5, 0.6) is 5.75 Å². The van der Waals surface area contributed by atoms with E-state index in [1.807, 2.05) is 18.2 Å². The molecule has 1 saturated heterocycles. The molecule has 4 aromatic rings. The van der Waals surface area contributed by atoms with Crippen molar-refractivity contribution < 1.29 is 9.53 Å². The molecular weight excluding hydrogens is 432 g/mol. The van der Waals surface area contributed by atoms with E-state index < -0.39 is 0 Å². The number of hydrogen-bond donors (Lipinski definition) is 1. The number of anilines is 1. The van der Waals surface area contributed by atoms with Crippen molar-refractivity contribution in [1.29, 1.82) is 0 Å². The molecule has 1 aliphatic rings. The Morgan fingerprint density at radius 2 is 1.73 bits per heavy atom. The van der Waals surface area contributed by atoms with Gasteiger partial charge in [0.05, 0.1) is 11.0 Å². The van der Waals surface area contributed by atoms with Gasteiger partial charge in [-0.2, -0.15) is 0 Å². The number of carbonyl (C=O) groups excluding carboxylic acids is 1. The van der Waals surface area contributed by atoms with Crippen LogP contribution in [-0.4, -0.2) is 39.0 Å². The van der Waals surface area contributed by atoms with Crippen LogP contribution in [-0.2, 0) is 0 Å². The number of fused-ring (bicyclic) bond motifs is 1. The molecule has 1 amide bonds. The lowest BCUT2D eigenvalue weighted by atomic mass is 9.99. The Bertz CT molecular complexity index is 1290. The summed E-state index contributed by atoms with van der Waals surface area (Å²) in [6, 6.07) is 22.9. The minimum atomic E-state index is -0.211. The van der Waals surface area contributed by atoms with Crippen LogP contribution in [0.15, 0.2) is 85.2 Å². The van der Waals surface area contributed by atoms with Crippen molar-refractivity contribution >= 4 is 40.0 Å². The van der Waals surface area contributed by atoms with Gasteiger partial charge in [-0.25, -0.2) is 0 Å². The molecule has 0 bridgehead atoms. The largest absolute Gasteiger partial charge is 0.432 e. The number of thiocarbonyl (C=S) groups is 1. The zero-order valence-corrected chi connectivity index (χ0v) is 18.7. The van der Waals surface area contributed by atoms with E-state index in [9.17, 15) is 4.79 Å². The first kappa shape index (κ1) is 21.0. The SMILES string of the molecule is O=C(Nc1ccc2nccnc2c1)c1ccc(OC(=S)N2CC[C@H](c3ccccc3)C2)cc1. The molecule has 164 valence electrons. The number of likely N-dealkylation sites (tertiary alicyclic amines) is 1. The van der Waals surface area contributed by atoms with Crippen molar-refractivity contribution in [3.63, 3.8) is 0 Å². The quantitative estimate of drug-likeness (QED) is 0.436. The number of rotatable bonds is 4. The second-order valence-corrected chi connectivity index (χ2v) is 8.30. The summed E-state index contributed by atoms with van der Waals surface area (Å²) in [6.07, 6.45) is 4.31. The van der Waals surface area contributed by atoms with E-state index >= 15 is 0 Å². The van der Waals surface area contributed by atoms with Gasteiger partial charge < -0.3 is 15.0 Å². The number of benzene rings is 3. The summed E-state index contributed by atoms with van der Waals surface area (Å²) in [5.74, 6) is 0.859. The van der Waals surface area contributed by atoms with Crippen LogP contribution in [0.3, 0.4) is 0 Å². The van der Waals surface area contributed by atoms with Gasteiger partial charge in [0.25, 0.3) is 11.1 Å². The lowest BCUT2D eigenvalue weighted by Crippen LogP contribution is -2.31. The predicted molar refractivity (Wildman–Crippen MR) is 133 cm³/mol. The van der Waals surface area contributed by atoms with Crippen molar-refractivity contribution in [2.24, 2.45) is 0 Å². The van der Waals surface area contributed by atoms with Crippen molar-refractivity contribution in [2.75, 3.05) is 18.4 Å². The normalized spacial score (nSPS) is 15.4. The Kier molecular flexibility index (Phi) is 5.95. The third-order valence-corrected chi connectivity index (χ3v) is 6.11. The summed E-state index contributed by atoms with van der Waals surface area (Å²) < 4.78 is 5.89. The molecule has 1 aromatic heterocycles. The Morgan fingerprint density at radius 3 is 2.52 bits per heavy atom. The number of nitrogens with one attached hydrogen (secondary N) is 1. The zero-order valence-electron chi connectivity index (χ0n) is 17.8. The fourth-order valence-corrected chi connectivity index (χ4v) is 4.27. The van der Waals surface area contributed by atoms with Crippen molar-refractivity contribution in [3.05, 3.63) is 96.3 Å².